The van der Waals surface area contributed by atoms with Gasteiger partial charge in [0.2, 0.25) is 11.8 Å². The summed E-state index contributed by atoms with van der Waals surface area (Å²) in [5.41, 5.74) is 5.16. The zero-order valence-electron chi connectivity index (χ0n) is 9.82. The molecular weight excluding hydrogens is 206 g/mol. The minimum atomic E-state index is -0.653. The fourth-order valence-corrected chi connectivity index (χ4v) is 1.29. The Hall–Kier alpha value is -1.57. The zero-order valence-corrected chi connectivity index (χ0v) is 9.82. The van der Waals surface area contributed by atoms with Crippen molar-refractivity contribution >= 4 is 11.8 Å². The van der Waals surface area contributed by atoms with Gasteiger partial charge in [-0.25, -0.2) is 0 Å². The third kappa shape index (κ3) is 6.82. The van der Waals surface area contributed by atoms with E-state index in [1.54, 1.807) is 0 Å². The van der Waals surface area contributed by atoms with Gasteiger partial charge in [0.15, 0.2) is 0 Å². The van der Waals surface area contributed by atoms with Crippen LogP contribution in [0.5, 0.6) is 0 Å². The Kier molecular flexibility index (Phi) is 6.93. The molecule has 16 heavy (non-hydrogen) atoms. The van der Waals surface area contributed by atoms with E-state index in [0.29, 0.717) is 25.7 Å². The van der Waals surface area contributed by atoms with Gasteiger partial charge in [-0.2, -0.15) is 5.26 Å². The quantitative estimate of drug-likeness (QED) is 0.624. The molecule has 0 aromatic carbocycles. The Bertz CT molecular complexity index is 281. The first kappa shape index (κ1) is 14.4. The number of carbonyl (C=O) groups excluding carboxylic acids is 2. The van der Waals surface area contributed by atoms with Crippen molar-refractivity contribution in [1.29, 1.82) is 5.26 Å². The average Bonchev–Trinajstić information content (AvgIpc) is 2.15. The van der Waals surface area contributed by atoms with E-state index in [4.69, 9.17) is 11.0 Å². The van der Waals surface area contributed by atoms with Crippen LogP contribution in [0.4, 0.5) is 0 Å². The second kappa shape index (κ2) is 7.69. The lowest BCUT2D eigenvalue weighted by Gasteiger charge is -2.15. The lowest BCUT2D eigenvalue weighted by atomic mass is 10.1. The van der Waals surface area contributed by atoms with Gasteiger partial charge in [0.25, 0.3) is 0 Å². The van der Waals surface area contributed by atoms with Gasteiger partial charge in [-0.05, 0) is 18.8 Å². The number of hydrogen-bond acceptors (Lipinski definition) is 3. The van der Waals surface area contributed by atoms with Gasteiger partial charge in [0.05, 0.1) is 6.07 Å². The molecule has 5 nitrogen and oxygen atoms in total. The summed E-state index contributed by atoms with van der Waals surface area (Å²) in [7, 11) is 0. The molecule has 0 rings (SSSR count). The molecule has 0 saturated carbocycles. The van der Waals surface area contributed by atoms with E-state index < -0.39 is 11.9 Å². The zero-order chi connectivity index (χ0) is 12.6. The number of amides is 2. The summed E-state index contributed by atoms with van der Waals surface area (Å²) in [6, 6.07) is 1.33. The summed E-state index contributed by atoms with van der Waals surface area (Å²) in [6.07, 6.45) is 1.73. The van der Waals surface area contributed by atoms with Gasteiger partial charge in [-0.1, -0.05) is 13.8 Å². The number of unbranched alkanes of at least 4 members (excludes halogenated alkanes) is 1. The molecule has 2 amide bonds. The Labute approximate surface area is 96.0 Å². The SMILES string of the molecule is CC(C)CC(=O)N[C@H](CCCC#N)C(N)=O. The van der Waals surface area contributed by atoms with E-state index in [9.17, 15) is 9.59 Å². The van der Waals surface area contributed by atoms with Crippen LogP contribution in [-0.2, 0) is 9.59 Å². The van der Waals surface area contributed by atoms with E-state index in [1.165, 1.54) is 0 Å². The van der Waals surface area contributed by atoms with Crippen LogP contribution < -0.4 is 11.1 Å². The topological polar surface area (TPSA) is 96.0 Å². The molecule has 0 aromatic rings. The van der Waals surface area contributed by atoms with E-state index in [1.807, 2.05) is 19.9 Å². The molecule has 0 unspecified atom stereocenters. The molecule has 5 heteroatoms. The van der Waals surface area contributed by atoms with Crippen LogP contribution in [0.2, 0.25) is 0 Å². The monoisotopic (exact) mass is 225 g/mol. The Balaban J connectivity index is 4.08. The summed E-state index contributed by atoms with van der Waals surface area (Å²) >= 11 is 0. The minimum Gasteiger partial charge on any atom is -0.368 e. The second-order valence-electron chi connectivity index (χ2n) is 4.17. The summed E-state index contributed by atoms with van der Waals surface area (Å²) in [5.74, 6) is -0.474. The summed E-state index contributed by atoms with van der Waals surface area (Å²) in [5, 5.41) is 10.9. The first-order chi connectivity index (χ1) is 7.47. The van der Waals surface area contributed by atoms with Crippen molar-refractivity contribution in [3.63, 3.8) is 0 Å². The highest BCUT2D eigenvalue weighted by Gasteiger charge is 2.17. The number of primary amides is 1. The molecule has 0 heterocycles. The minimum absolute atomic E-state index is 0.171. The predicted octanol–water partition coefficient (Wildman–Crippen LogP) is 0.696. The van der Waals surface area contributed by atoms with Gasteiger partial charge >= 0.3 is 0 Å². The number of rotatable bonds is 7. The van der Waals surface area contributed by atoms with Crippen LogP contribution in [0, 0.1) is 17.2 Å². The maximum atomic E-state index is 11.4. The fraction of sp³-hybridized carbons (Fsp3) is 0.727. The van der Waals surface area contributed by atoms with Crippen molar-refractivity contribution in [2.75, 3.05) is 0 Å². The van der Waals surface area contributed by atoms with Crippen molar-refractivity contribution in [2.45, 2.75) is 45.6 Å². The molecule has 0 spiro atoms. The third-order valence-corrected chi connectivity index (χ3v) is 2.05. The molecule has 0 aliphatic carbocycles. The van der Waals surface area contributed by atoms with Crippen LogP contribution >= 0.6 is 0 Å². The van der Waals surface area contributed by atoms with Crippen molar-refractivity contribution in [3.05, 3.63) is 0 Å². The maximum absolute atomic E-state index is 11.4. The van der Waals surface area contributed by atoms with Gasteiger partial charge in [-0.3, -0.25) is 9.59 Å². The van der Waals surface area contributed by atoms with E-state index in [2.05, 4.69) is 5.32 Å². The first-order valence-corrected chi connectivity index (χ1v) is 5.43. The molecule has 0 saturated heterocycles. The van der Waals surface area contributed by atoms with Crippen LogP contribution in [0.1, 0.15) is 39.5 Å². The van der Waals surface area contributed by atoms with E-state index >= 15 is 0 Å². The number of nitrogens with zero attached hydrogens (tertiary/aromatic N) is 1. The van der Waals surface area contributed by atoms with Gasteiger partial charge in [0.1, 0.15) is 6.04 Å². The molecule has 3 N–H and O–H groups in total. The van der Waals surface area contributed by atoms with Gasteiger partial charge in [-0.15, -0.1) is 0 Å². The van der Waals surface area contributed by atoms with E-state index in [0.717, 1.165) is 0 Å². The molecule has 0 aliphatic heterocycles. The highest BCUT2D eigenvalue weighted by atomic mass is 16.2. The Morgan fingerprint density at radius 2 is 2.06 bits per heavy atom. The standard InChI is InChI=1S/C11H19N3O2/c1-8(2)7-10(15)14-9(11(13)16)5-3-4-6-12/h8-9H,3-5,7H2,1-2H3,(H2,13,16)(H,14,15)/t9-/m1/s1. The molecule has 90 valence electrons. The lowest BCUT2D eigenvalue weighted by molar-refractivity contribution is -0.128. The molecule has 0 radical (unpaired) electrons. The van der Waals surface area contributed by atoms with Gasteiger partial charge < -0.3 is 11.1 Å². The lowest BCUT2D eigenvalue weighted by Crippen LogP contribution is -2.44. The number of carbonyl (C=O) groups is 2. The summed E-state index contributed by atoms with van der Waals surface area (Å²) < 4.78 is 0. The smallest absolute Gasteiger partial charge is 0.240 e. The Morgan fingerprint density at radius 3 is 2.50 bits per heavy atom. The van der Waals surface area contributed by atoms with E-state index in [-0.39, 0.29) is 11.8 Å². The molecular formula is C11H19N3O2. The molecule has 0 aromatic heterocycles. The largest absolute Gasteiger partial charge is 0.368 e. The maximum Gasteiger partial charge on any atom is 0.240 e. The Morgan fingerprint density at radius 1 is 1.44 bits per heavy atom. The van der Waals surface area contributed by atoms with Crippen LogP contribution in [0.25, 0.3) is 0 Å². The number of hydrogen-bond donors (Lipinski definition) is 2. The van der Waals surface area contributed by atoms with Crippen LogP contribution in [0.3, 0.4) is 0 Å². The van der Waals surface area contributed by atoms with Crippen molar-refractivity contribution < 1.29 is 9.59 Å². The number of nitrogens with two attached hydrogens (primary N) is 1. The van der Waals surface area contributed by atoms with Crippen molar-refractivity contribution in [2.24, 2.45) is 11.7 Å². The van der Waals surface area contributed by atoms with Crippen LogP contribution in [-0.4, -0.2) is 17.9 Å². The molecule has 1 atom stereocenters. The predicted molar refractivity (Wildman–Crippen MR) is 60.0 cm³/mol. The number of nitriles is 1. The van der Waals surface area contributed by atoms with Crippen molar-refractivity contribution in [3.8, 4) is 6.07 Å². The first-order valence-electron chi connectivity index (χ1n) is 5.43. The third-order valence-electron chi connectivity index (χ3n) is 2.05. The molecule has 0 fully saturated rings. The fourth-order valence-electron chi connectivity index (χ4n) is 1.29. The highest BCUT2D eigenvalue weighted by Crippen LogP contribution is 2.03. The summed E-state index contributed by atoms with van der Waals surface area (Å²) in [6.45, 7) is 3.85. The van der Waals surface area contributed by atoms with Crippen LogP contribution in [0.15, 0.2) is 0 Å². The average molecular weight is 225 g/mol. The number of nitrogens with one attached hydrogen (secondary N) is 1. The molecule has 0 aliphatic rings. The second-order valence-corrected chi connectivity index (χ2v) is 4.17. The summed E-state index contributed by atoms with van der Waals surface area (Å²) in [4.78, 5) is 22.5. The highest BCUT2D eigenvalue weighted by molar-refractivity contribution is 5.86. The molecule has 0 bridgehead atoms. The van der Waals surface area contributed by atoms with Gasteiger partial charge in [0, 0.05) is 12.8 Å². The normalized spacial score (nSPS) is 11.9. The van der Waals surface area contributed by atoms with Crippen molar-refractivity contribution in [1.82, 2.24) is 5.32 Å².